The lowest BCUT2D eigenvalue weighted by molar-refractivity contribution is 0.0691. The van der Waals surface area contributed by atoms with E-state index in [1.807, 2.05) is 6.07 Å². The SMILES string of the molecule is COCc1ccc2c(c1)C=Cc1cc(C)ccc1C2c1cn(Cc2nc(C(=O)O)cs2)c(=O)[nH]c1=S. The molecule has 0 spiro atoms. The van der Waals surface area contributed by atoms with Gasteiger partial charge in [-0.25, -0.2) is 14.6 Å². The number of ether oxygens (including phenoxy) is 1. The number of methoxy groups -OCH3 is 1. The summed E-state index contributed by atoms with van der Waals surface area (Å²) in [5, 5.41) is 11.2. The van der Waals surface area contributed by atoms with Gasteiger partial charge in [0, 0.05) is 30.2 Å². The Bertz CT molecular complexity index is 1630. The third-order valence-electron chi connectivity index (χ3n) is 6.19. The number of carboxylic acids is 1. The zero-order valence-corrected chi connectivity index (χ0v) is 21.3. The molecule has 7 nitrogen and oxygen atoms in total. The molecule has 4 aromatic rings. The molecule has 2 N–H and O–H groups in total. The van der Waals surface area contributed by atoms with Gasteiger partial charge in [0.1, 0.15) is 9.65 Å². The molecule has 0 saturated heterocycles. The summed E-state index contributed by atoms with van der Waals surface area (Å²) in [6, 6.07) is 12.6. The quantitative estimate of drug-likeness (QED) is 0.300. The van der Waals surface area contributed by atoms with Crippen LogP contribution in [0.4, 0.5) is 0 Å². The van der Waals surface area contributed by atoms with Crippen molar-refractivity contribution in [2.45, 2.75) is 26.0 Å². The van der Waals surface area contributed by atoms with Crippen LogP contribution in [0.1, 0.15) is 60.4 Å². The Morgan fingerprint density at radius 1 is 1.17 bits per heavy atom. The molecule has 1 aliphatic rings. The average Bonchev–Trinajstić information content (AvgIpc) is 3.25. The van der Waals surface area contributed by atoms with Gasteiger partial charge >= 0.3 is 11.7 Å². The Hall–Kier alpha value is -3.66. The lowest BCUT2D eigenvalue weighted by Crippen LogP contribution is -2.25. The van der Waals surface area contributed by atoms with Crippen molar-refractivity contribution in [3.8, 4) is 0 Å². The minimum Gasteiger partial charge on any atom is -0.476 e. The van der Waals surface area contributed by atoms with Gasteiger partial charge in [-0.1, -0.05) is 60.3 Å². The molecule has 182 valence electrons. The van der Waals surface area contributed by atoms with Crippen molar-refractivity contribution >= 4 is 41.7 Å². The average molecular weight is 518 g/mol. The summed E-state index contributed by atoms with van der Waals surface area (Å²) in [6.07, 6.45) is 6.00. The van der Waals surface area contributed by atoms with Gasteiger partial charge in [0.15, 0.2) is 5.69 Å². The number of hydrogen-bond acceptors (Lipinski definition) is 6. The number of carboxylic acid groups (broad SMARTS) is 1. The third kappa shape index (κ3) is 4.60. The number of aryl methyl sites for hydroxylation is 1. The van der Waals surface area contributed by atoms with E-state index in [0.29, 0.717) is 16.3 Å². The van der Waals surface area contributed by atoms with E-state index in [1.165, 1.54) is 21.3 Å². The van der Waals surface area contributed by atoms with Crippen LogP contribution in [-0.2, 0) is 17.9 Å². The van der Waals surface area contributed by atoms with E-state index in [9.17, 15) is 14.7 Å². The van der Waals surface area contributed by atoms with Gasteiger partial charge in [-0.3, -0.25) is 9.55 Å². The van der Waals surface area contributed by atoms with Crippen LogP contribution in [-0.4, -0.2) is 32.7 Å². The summed E-state index contributed by atoms with van der Waals surface area (Å²) >= 11 is 6.88. The Labute approximate surface area is 216 Å². The van der Waals surface area contributed by atoms with Crippen LogP contribution >= 0.6 is 23.6 Å². The van der Waals surface area contributed by atoms with Crippen LogP contribution in [0.5, 0.6) is 0 Å². The Morgan fingerprint density at radius 2 is 1.89 bits per heavy atom. The van der Waals surface area contributed by atoms with Crippen molar-refractivity contribution in [1.82, 2.24) is 14.5 Å². The van der Waals surface area contributed by atoms with E-state index in [2.05, 4.69) is 59.4 Å². The Balaban J connectivity index is 1.68. The summed E-state index contributed by atoms with van der Waals surface area (Å²) in [5.74, 6) is -1.32. The first kappa shape index (κ1) is 24.1. The fourth-order valence-electron chi connectivity index (χ4n) is 4.55. The van der Waals surface area contributed by atoms with E-state index in [1.54, 1.807) is 13.3 Å². The summed E-state index contributed by atoms with van der Waals surface area (Å²) in [5.41, 5.74) is 6.89. The van der Waals surface area contributed by atoms with Gasteiger partial charge in [0.25, 0.3) is 0 Å². The molecule has 0 saturated carbocycles. The summed E-state index contributed by atoms with van der Waals surface area (Å²) in [7, 11) is 1.67. The Kier molecular flexibility index (Phi) is 6.53. The summed E-state index contributed by atoms with van der Waals surface area (Å²) in [6.45, 7) is 2.71. The number of aromatic nitrogens is 3. The van der Waals surface area contributed by atoms with Crippen molar-refractivity contribution in [2.75, 3.05) is 7.11 Å². The molecule has 5 rings (SSSR count). The molecule has 2 aromatic carbocycles. The predicted octanol–water partition coefficient (Wildman–Crippen LogP) is 5.23. The number of thiazole rings is 1. The van der Waals surface area contributed by atoms with Crippen molar-refractivity contribution in [1.29, 1.82) is 0 Å². The number of aromatic carboxylic acids is 1. The Morgan fingerprint density at radius 3 is 2.58 bits per heavy atom. The summed E-state index contributed by atoms with van der Waals surface area (Å²) in [4.78, 5) is 31.0. The molecule has 2 aromatic heterocycles. The molecule has 9 heteroatoms. The molecule has 0 radical (unpaired) electrons. The minimum absolute atomic E-state index is 0.0351. The highest BCUT2D eigenvalue weighted by atomic mass is 32.1. The zero-order chi connectivity index (χ0) is 25.4. The molecule has 2 heterocycles. The van der Waals surface area contributed by atoms with Crippen molar-refractivity contribution in [3.63, 3.8) is 0 Å². The maximum absolute atomic E-state index is 12.8. The smallest absolute Gasteiger partial charge is 0.355 e. The second-order valence-electron chi connectivity index (χ2n) is 8.70. The van der Waals surface area contributed by atoms with E-state index >= 15 is 0 Å². The molecule has 36 heavy (non-hydrogen) atoms. The van der Waals surface area contributed by atoms with Gasteiger partial charge < -0.3 is 9.84 Å². The first-order valence-corrected chi connectivity index (χ1v) is 12.5. The number of hydrogen-bond donors (Lipinski definition) is 2. The highest BCUT2D eigenvalue weighted by molar-refractivity contribution is 7.71. The van der Waals surface area contributed by atoms with Gasteiger partial charge in [0.2, 0.25) is 0 Å². The second kappa shape index (κ2) is 9.77. The highest BCUT2D eigenvalue weighted by Gasteiger charge is 2.26. The normalized spacial score (nSPS) is 14.2. The van der Waals surface area contributed by atoms with Crippen molar-refractivity contribution < 1.29 is 14.6 Å². The number of rotatable bonds is 6. The predicted molar refractivity (Wildman–Crippen MR) is 142 cm³/mol. The van der Waals surface area contributed by atoms with E-state index in [0.717, 1.165) is 38.9 Å². The fourth-order valence-corrected chi connectivity index (χ4v) is 5.57. The number of H-pyrrole nitrogens is 1. The molecular weight excluding hydrogens is 494 g/mol. The number of nitrogens with one attached hydrogen (secondary N) is 1. The molecule has 0 fully saturated rings. The number of nitrogens with zero attached hydrogens (tertiary/aromatic N) is 2. The van der Waals surface area contributed by atoms with E-state index in [-0.39, 0.29) is 23.8 Å². The minimum atomic E-state index is -1.10. The monoisotopic (exact) mass is 517 g/mol. The van der Waals surface area contributed by atoms with Crippen LogP contribution < -0.4 is 5.69 Å². The summed E-state index contributed by atoms with van der Waals surface area (Å²) < 4.78 is 7.20. The van der Waals surface area contributed by atoms with Crippen LogP contribution in [0.2, 0.25) is 0 Å². The van der Waals surface area contributed by atoms with Crippen molar-refractivity contribution in [3.05, 3.63) is 113 Å². The molecule has 1 aliphatic carbocycles. The van der Waals surface area contributed by atoms with Crippen LogP contribution in [0.25, 0.3) is 12.2 Å². The highest BCUT2D eigenvalue weighted by Crippen LogP contribution is 2.40. The largest absolute Gasteiger partial charge is 0.476 e. The molecular formula is C27H23N3O4S2. The molecule has 1 atom stereocenters. The topological polar surface area (TPSA) is 97.2 Å². The maximum Gasteiger partial charge on any atom is 0.355 e. The number of benzene rings is 2. The van der Waals surface area contributed by atoms with Gasteiger partial charge in [-0.15, -0.1) is 11.3 Å². The van der Waals surface area contributed by atoms with Gasteiger partial charge in [0.05, 0.1) is 13.2 Å². The van der Waals surface area contributed by atoms with E-state index in [4.69, 9.17) is 17.0 Å². The van der Waals surface area contributed by atoms with E-state index < -0.39 is 5.97 Å². The molecule has 1 unspecified atom stereocenters. The zero-order valence-electron chi connectivity index (χ0n) is 19.6. The van der Waals surface area contributed by atoms with Crippen LogP contribution in [0, 0.1) is 11.6 Å². The molecule has 0 bridgehead atoms. The maximum atomic E-state index is 12.8. The number of carbonyl (C=O) groups is 1. The first-order valence-electron chi connectivity index (χ1n) is 11.3. The lowest BCUT2D eigenvalue weighted by atomic mass is 9.83. The van der Waals surface area contributed by atoms with Crippen molar-refractivity contribution in [2.24, 2.45) is 0 Å². The number of aromatic amines is 1. The second-order valence-corrected chi connectivity index (χ2v) is 10.0. The van der Waals surface area contributed by atoms with Gasteiger partial charge in [-0.05, 0) is 40.8 Å². The standard InChI is InChI=1S/C27H23N3O4S2/c1-15-3-7-19-17(9-15)5-6-18-10-16(13-34-2)4-8-20(18)24(19)21-11-30(27(33)29-25(21)35)12-23-28-22(14-36-23)26(31)32/h3-11,14,24H,12-13H2,1-2H3,(H,31,32)(H,29,33,35). The molecule has 0 aliphatic heterocycles. The number of fused-ring (bicyclic) bond motifs is 2. The first-order chi connectivity index (χ1) is 17.3. The lowest BCUT2D eigenvalue weighted by Gasteiger charge is -2.22. The third-order valence-corrected chi connectivity index (χ3v) is 7.37. The fraction of sp³-hybridized carbons (Fsp3) is 0.185. The van der Waals surface area contributed by atoms with Crippen LogP contribution in [0.15, 0.2) is 52.8 Å². The molecule has 0 amide bonds. The van der Waals surface area contributed by atoms with Crippen LogP contribution in [0.3, 0.4) is 0 Å². The van der Waals surface area contributed by atoms with Gasteiger partial charge in [-0.2, -0.15) is 0 Å².